The van der Waals surface area contributed by atoms with E-state index in [1.165, 1.54) is 44.9 Å². The highest BCUT2D eigenvalue weighted by atomic mass is 16.6. The summed E-state index contributed by atoms with van der Waals surface area (Å²) in [6, 6.07) is 20.1. The average Bonchev–Trinajstić information content (AvgIpc) is 3.31. The molecule has 1 aliphatic heterocycles. The van der Waals surface area contributed by atoms with Crippen molar-refractivity contribution in [1.82, 2.24) is 4.90 Å². The van der Waals surface area contributed by atoms with Gasteiger partial charge in [-0.2, -0.15) is 0 Å². The maximum Gasteiger partial charge on any atom is 0.412 e. The molecule has 1 saturated heterocycles. The fourth-order valence-electron chi connectivity index (χ4n) is 6.05. The number of rotatable bonds is 19. The van der Waals surface area contributed by atoms with E-state index in [-0.39, 0.29) is 12.1 Å². The van der Waals surface area contributed by atoms with E-state index < -0.39 is 23.5 Å². The molecule has 2 aromatic rings. The molecule has 1 heterocycles. The Labute approximate surface area is 274 Å². The molecule has 0 aliphatic carbocycles. The molecule has 252 valence electrons. The minimum Gasteiger partial charge on any atom is -0.444 e. The smallest absolute Gasteiger partial charge is 0.412 e. The molecule has 0 bridgehead atoms. The largest absolute Gasteiger partial charge is 0.444 e. The lowest BCUT2D eigenvalue weighted by Crippen LogP contribution is -2.56. The number of hydrogen-bond acceptors (Lipinski definition) is 5. The van der Waals surface area contributed by atoms with Crippen molar-refractivity contribution in [3.05, 3.63) is 71.8 Å². The predicted octanol–water partition coefficient (Wildman–Crippen LogP) is 10.1. The second-order valence-corrected chi connectivity index (χ2v) is 14.6. The van der Waals surface area contributed by atoms with Crippen LogP contribution in [-0.2, 0) is 32.2 Å². The van der Waals surface area contributed by atoms with Gasteiger partial charge in [0.1, 0.15) is 17.4 Å². The summed E-state index contributed by atoms with van der Waals surface area (Å²) >= 11 is 0. The van der Waals surface area contributed by atoms with Crippen LogP contribution in [0.25, 0.3) is 0 Å². The lowest BCUT2D eigenvalue weighted by Gasteiger charge is -2.39. The standard InChI is InChI=1S/C39H61NO5/c1-31(2)22-16-12-10-8-9-11-13-21-27-35(42-28-32-23-17-14-18-24-32)36(43-29-33-25-19-15-20-26-33)34-30-44-39(6,7)40(34)37(41)45-38(3,4)5/h14-15,17-20,23-26,31,34-36H,8-13,16,21-22,27-30H2,1-7H3/t34-,35+,36-/m0/s1. The van der Waals surface area contributed by atoms with Crippen molar-refractivity contribution < 1.29 is 23.7 Å². The summed E-state index contributed by atoms with van der Waals surface area (Å²) in [5.74, 6) is 0.806. The predicted molar refractivity (Wildman–Crippen MR) is 183 cm³/mol. The Morgan fingerprint density at radius 3 is 1.80 bits per heavy atom. The van der Waals surface area contributed by atoms with Crippen LogP contribution >= 0.6 is 0 Å². The summed E-state index contributed by atoms with van der Waals surface area (Å²) in [6.07, 6.45) is 11.2. The molecule has 0 radical (unpaired) electrons. The van der Waals surface area contributed by atoms with E-state index in [4.69, 9.17) is 18.9 Å². The van der Waals surface area contributed by atoms with Crippen LogP contribution in [0.15, 0.2) is 60.7 Å². The van der Waals surface area contributed by atoms with E-state index in [9.17, 15) is 4.79 Å². The second kappa shape index (κ2) is 18.7. The first-order chi connectivity index (χ1) is 21.5. The highest BCUT2D eigenvalue weighted by molar-refractivity contribution is 5.70. The third kappa shape index (κ3) is 13.5. The topological polar surface area (TPSA) is 57.2 Å². The van der Waals surface area contributed by atoms with Gasteiger partial charge in [0.05, 0.1) is 32.0 Å². The van der Waals surface area contributed by atoms with Crippen LogP contribution in [0.4, 0.5) is 4.79 Å². The highest BCUT2D eigenvalue weighted by Crippen LogP contribution is 2.35. The van der Waals surface area contributed by atoms with Crippen molar-refractivity contribution in [2.75, 3.05) is 6.61 Å². The van der Waals surface area contributed by atoms with Gasteiger partial charge < -0.3 is 18.9 Å². The molecule has 1 aliphatic rings. The van der Waals surface area contributed by atoms with Crippen LogP contribution in [0.5, 0.6) is 0 Å². The molecule has 0 spiro atoms. The van der Waals surface area contributed by atoms with E-state index in [1.54, 1.807) is 4.90 Å². The molecular weight excluding hydrogens is 562 g/mol. The summed E-state index contributed by atoms with van der Waals surface area (Å²) in [5.41, 5.74) is 0.743. The number of carbonyl (C=O) groups is 1. The van der Waals surface area contributed by atoms with Gasteiger partial charge in [0.25, 0.3) is 0 Å². The molecule has 6 heteroatoms. The van der Waals surface area contributed by atoms with E-state index in [0.717, 1.165) is 36.3 Å². The first-order valence-electron chi connectivity index (χ1n) is 17.4. The van der Waals surface area contributed by atoms with Crippen LogP contribution in [0.3, 0.4) is 0 Å². The zero-order valence-corrected chi connectivity index (χ0v) is 29.3. The number of hydrogen-bond donors (Lipinski definition) is 0. The Bertz CT molecular complexity index is 1080. The maximum absolute atomic E-state index is 13.7. The molecule has 1 amide bonds. The molecule has 1 fully saturated rings. The Kier molecular flexibility index (Phi) is 15.4. The zero-order valence-electron chi connectivity index (χ0n) is 29.3. The summed E-state index contributed by atoms with van der Waals surface area (Å²) in [4.78, 5) is 15.4. The van der Waals surface area contributed by atoms with Crippen molar-refractivity contribution in [1.29, 1.82) is 0 Å². The Hall–Kier alpha value is -2.41. The number of benzene rings is 2. The van der Waals surface area contributed by atoms with Crippen LogP contribution < -0.4 is 0 Å². The molecule has 0 saturated carbocycles. The van der Waals surface area contributed by atoms with Crippen molar-refractivity contribution >= 4 is 6.09 Å². The summed E-state index contributed by atoms with van der Waals surface area (Å²) < 4.78 is 25.6. The summed E-state index contributed by atoms with van der Waals surface area (Å²) in [7, 11) is 0. The van der Waals surface area contributed by atoms with Crippen LogP contribution in [-0.4, -0.2) is 47.2 Å². The third-order valence-electron chi connectivity index (χ3n) is 8.47. The van der Waals surface area contributed by atoms with Crippen LogP contribution in [0, 0.1) is 5.92 Å². The first kappa shape index (κ1) is 37.1. The number of nitrogens with zero attached hydrogens (tertiary/aromatic N) is 1. The maximum atomic E-state index is 13.7. The average molecular weight is 624 g/mol. The molecular formula is C39H61NO5. The number of ether oxygens (including phenoxy) is 4. The van der Waals surface area contributed by atoms with E-state index in [2.05, 4.69) is 38.1 Å². The van der Waals surface area contributed by atoms with E-state index in [1.807, 2.05) is 71.0 Å². The highest BCUT2D eigenvalue weighted by Gasteiger charge is 2.51. The quantitative estimate of drug-likeness (QED) is 0.146. The van der Waals surface area contributed by atoms with Gasteiger partial charge in [0.15, 0.2) is 0 Å². The number of carbonyl (C=O) groups excluding carboxylic acids is 1. The zero-order chi connectivity index (χ0) is 32.7. The number of unbranched alkanes of at least 4 members (excludes halogenated alkanes) is 7. The van der Waals surface area contributed by atoms with E-state index >= 15 is 0 Å². The van der Waals surface area contributed by atoms with Gasteiger partial charge in [-0.1, -0.05) is 132 Å². The van der Waals surface area contributed by atoms with Crippen molar-refractivity contribution in [2.45, 2.75) is 155 Å². The normalized spacial score (nSPS) is 17.9. The van der Waals surface area contributed by atoms with Gasteiger partial charge in [-0.15, -0.1) is 0 Å². The molecule has 2 aromatic carbocycles. The van der Waals surface area contributed by atoms with Crippen LogP contribution in [0.2, 0.25) is 0 Å². The fraction of sp³-hybridized carbons (Fsp3) is 0.667. The van der Waals surface area contributed by atoms with Gasteiger partial charge in [0.2, 0.25) is 0 Å². The monoisotopic (exact) mass is 623 g/mol. The Morgan fingerprint density at radius 2 is 1.29 bits per heavy atom. The molecule has 6 nitrogen and oxygen atoms in total. The molecule has 3 atom stereocenters. The van der Waals surface area contributed by atoms with Gasteiger partial charge in [-0.25, -0.2) is 4.79 Å². The van der Waals surface area contributed by atoms with Gasteiger partial charge in [-0.05, 0) is 58.1 Å². The lowest BCUT2D eigenvalue weighted by molar-refractivity contribution is -0.121. The molecule has 0 unspecified atom stereocenters. The third-order valence-corrected chi connectivity index (χ3v) is 8.47. The van der Waals surface area contributed by atoms with Gasteiger partial charge in [0, 0.05) is 0 Å². The minimum absolute atomic E-state index is 0.225. The Balaban J connectivity index is 1.75. The van der Waals surface area contributed by atoms with Crippen molar-refractivity contribution in [3.8, 4) is 0 Å². The second-order valence-electron chi connectivity index (χ2n) is 14.6. The fourth-order valence-corrected chi connectivity index (χ4v) is 6.05. The molecule has 0 N–H and O–H groups in total. The van der Waals surface area contributed by atoms with Crippen molar-refractivity contribution in [3.63, 3.8) is 0 Å². The SMILES string of the molecule is CC(C)CCCCCCCCCC[C@@H](OCc1ccccc1)[C@@H](OCc1ccccc1)[C@@H]1COC(C)(C)N1C(=O)OC(C)(C)C. The lowest BCUT2D eigenvalue weighted by atomic mass is 9.97. The summed E-state index contributed by atoms with van der Waals surface area (Å²) in [5, 5.41) is 0. The van der Waals surface area contributed by atoms with Crippen molar-refractivity contribution in [2.24, 2.45) is 5.92 Å². The number of amides is 1. The summed E-state index contributed by atoms with van der Waals surface area (Å²) in [6.45, 7) is 15.4. The van der Waals surface area contributed by atoms with E-state index in [0.29, 0.717) is 19.8 Å². The Morgan fingerprint density at radius 1 is 0.800 bits per heavy atom. The van der Waals surface area contributed by atoms with Gasteiger partial charge >= 0.3 is 6.09 Å². The molecule has 0 aromatic heterocycles. The minimum atomic E-state index is -0.833. The first-order valence-corrected chi connectivity index (χ1v) is 17.4. The van der Waals surface area contributed by atoms with Crippen LogP contribution in [0.1, 0.15) is 124 Å². The van der Waals surface area contributed by atoms with Gasteiger partial charge in [-0.3, -0.25) is 4.90 Å². The molecule has 3 rings (SSSR count). The molecule has 45 heavy (non-hydrogen) atoms.